The highest BCUT2D eigenvalue weighted by atomic mass is 16.4. The molecule has 0 aliphatic heterocycles. The molecular formula is C38H72N12O10. The number of carboxylic acid groups (broad SMARTS) is 1. The van der Waals surface area contributed by atoms with E-state index in [1.54, 1.807) is 27.7 Å². The smallest absolute Gasteiger partial charge is 0.326 e. The molecular weight excluding hydrogens is 784 g/mol. The average molecular weight is 857 g/mol. The Labute approximate surface area is 352 Å². The van der Waals surface area contributed by atoms with Crippen molar-refractivity contribution < 1.29 is 48.6 Å². The number of primary amides is 1. The van der Waals surface area contributed by atoms with Crippen molar-refractivity contribution in [3.63, 3.8) is 0 Å². The summed E-state index contributed by atoms with van der Waals surface area (Å²) in [7, 11) is 0. The van der Waals surface area contributed by atoms with Crippen LogP contribution in [0.1, 0.15) is 106 Å². The zero-order chi connectivity index (χ0) is 46.1. The normalized spacial score (nSPS) is 15.2. The van der Waals surface area contributed by atoms with E-state index in [2.05, 4.69) is 36.9 Å². The van der Waals surface area contributed by atoms with Gasteiger partial charge >= 0.3 is 5.97 Å². The Balaban J connectivity index is 6.63. The number of carbonyl (C=O) groups is 8. The number of guanidine groups is 1. The fourth-order valence-electron chi connectivity index (χ4n) is 5.88. The molecule has 0 bridgehead atoms. The lowest BCUT2D eigenvalue weighted by molar-refractivity contribution is -0.143. The second-order valence-corrected chi connectivity index (χ2v) is 15.8. The van der Waals surface area contributed by atoms with E-state index in [0.29, 0.717) is 19.3 Å². The molecule has 0 radical (unpaired) electrons. The molecule has 344 valence electrons. The summed E-state index contributed by atoms with van der Waals surface area (Å²) in [5, 5.41) is 34.5. The number of unbranched alkanes of at least 4 members (excludes halogenated alkanes) is 1. The Morgan fingerprint density at radius 2 is 1.05 bits per heavy atom. The summed E-state index contributed by atoms with van der Waals surface area (Å²) in [6, 6.07) is -8.90. The van der Waals surface area contributed by atoms with Gasteiger partial charge in [0.15, 0.2) is 5.96 Å². The van der Waals surface area contributed by atoms with Crippen molar-refractivity contribution in [3.05, 3.63) is 0 Å². The van der Waals surface area contributed by atoms with E-state index >= 15 is 0 Å². The van der Waals surface area contributed by atoms with Gasteiger partial charge in [0.05, 0.1) is 6.61 Å². The average Bonchev–Trinajstić information content (AvgIpc) is 3.16. The fraction of sp³-hybridized carbons (Fsp3) is 0.763. The Morgan fingerprint density at radius 1 is 0.600 bits per heavy atom. The number of nitrogens with zero attached hydrogens (tertiary/aromatic N) is 1. The third-order valence-electron chi connectivity index (χ3n) is 9.46. The molecule has 0 spiro atoms. The first-order valence-corrected chi connectivity index (χ1v) is 20.5. The van der Waals surface area contributed by atoms with E-state index in [-0.39, 0.29) is 75.8 Å². The fourth-order valence-corrected chi connectivity index (χ4v) is 5.88. The van der Waals surface area contributed by atoms with Gasteiger partial charge in [-0.2, -0.15) is 0 Å². The van der Waals surface area contributed by atoms with Gasteiger partial charge in [0, 0.05) is 13.0 Å². The number of rotatable bonds is 31. The highest BCUT2D eigenvalue weighted by Gasteiger charge is 2.35. The Kier molecular flexibility index (Phi) is 26.7. The largest absolute Gasteiger partial charge is 0.480 e. The maximum absolute atomic E-state index is 14.0. The number of aliphatic hydroxyl groups excluding tert-OH is 1. The minimum atomic E-state index is -1.37. The maximum atomic E-state index is 14.0. The van der Waals surface area contributed by atoms with Crippen LogP contribution in [0, 0.1) is 17.8 Å². The lowest BCUT2D eigenvalue weighted by Crippen LogP contribution is -2.61. The summed E-state index contributed by atoms with van der Waals surface area (Å²) in [4.78, 5) is 109. The highest BCUT2D eigenvalue weighted by molar-refractivity contribution is 5.97. The van der Waals surface area contributed by atoms with Gasteiger partial charge < -0.3 is 70.8 Å². The summed E-state index contributed by atoms with van der Waals surface area (Å²) >= 11 is 0. The van der Waals surface area contributed by atoms with E-state index in [4.69, 9.17) is 28.7 Å². The number of hydrogen-bond acceptors (Lipinski definition) is 12. The van der Waals surface area contributed by atoms with Crippen LogP contribution in [0.4, 0.5) is 0 Å². The number of aliphatic imine (C=N–C) groups is 1. The Bertz CT molecular complexity index is 1440. The van der Waals surface area contributed by atoms with Crippen LogP contribution in [-0.2, 0) is 38.4 Å². The minimum Gasteiger partial charge on any atom is -0.480 e. The van der Waals surface area contributed by atoms with Crippen LogP contribution in [0.5, 0.6) is 0 Å². The van der Waals surface area contributed by atoms with Crippen LogP contribution in [0.3, 0.4) is 0 Å². The molecule has 60 heavy (non-hydrogen) atoms. The van der Waals surface area contributed by atoms with Gasteiger partial charge in [-0.1, -0.05) is 48.0 Å². The quantitative estimate of drug-likeness (QED) is 0.0187. The first-order valence-electron chi connectivity index (χ1n) is 20.5. The number of carbonyl (C=O) groups excluding carboxylic acids is 7. The van der Waals surface area contributed by atoms with Crippen molar-refractivity contribution >= 4 is 53.3 Å². The van der Waals surface area contributed by atoms with Crippen LogP contribution < -0.4 is 60.6 Å². The Hall–Kier alpha value is -5.09. The number of hydrogen-bond donors (Lipinski definition) is 13. The summed E-state index contributed by atoms with van der Waals surface area (Å²) < 4.78 is 0. The van der Waals surface area contributed by atoms with Crippen molar-refractivity contribution in [1.82, 2.24) is 31.9 Å². The monoisotopic (exact) mass is 857 g/mol. The molecule has 22 heteroatoms. The molecule has 22 nitrogen and oxygen atoms in total. The summed E-state index contributed by atoms with van der Waals surface area (Å²) in [5.41, 5.74) is 27.5. The van der Waals surface area contributed by atoms with Crippen molar-refractivity contribution in [1.29, 1.82) is 0 Å². The molecule has 0 rings (SSSR count). The molecule has 0 unspecified atom stereocenters. The van der Waals surface area contributed by atoms with Gasteiger partial charge in [0.25, 0.3) is 0 Å². The van der Waals surface area contributed by atoms with E-state index in [1.165, 1.54) is 0 Å². The van der Waals surface area contributed by atoms with Crippen LogP contribution in [0.2, 0.25) is 0 Å². The maximum Gasteiger partial charge on any atom is 0.326 e. The van der Waals surface area contributed by atoms with Crippen LogP contribution in [-0.4, -0.2) is 125 Å². The summed E-state index contributed by atoms with van der Waals surface area (Å²) in [5.74, 6) is -7.61. The highest BCUT2D eigenvalue weighted by Crippen LogP contribution is 2.13. The van der Waals surface area contributed by atoms with Gasteiger partial charge in [-0.3, -0.25) is 38.6 Å². The summed E-state index contributed by atoms with van der Waals surface area (Å²) in [6.45, 7) is 10.3. The predicted molar refractivity (Wildman–Crippen MR) is 224 cm³/mol. The molecule has 0 aliphatic rings. The number of amides is 7. The van der Waals surface area contributed by atoms with Crippen LogP contribution in [0.15, 0.2) is 4.99 Å². The molecule has 0 saturated heterocycles. The van der Waals surface area contributed by atoms with Crippen molar-refractivity contribution in [2.75, 3.05) is 19.7 Å². The number of aliphatic hydroxyl groups is 1. The molecule has 18 N–H and O–H groups in total. The number of aliphatic carboxylic acids is 1. The molecule has 0 heterocycles. The lowest BCUT2D eigenvalue weighted by Gasteiger charge is -2.29. The van der Waals surface area contributed by atoms with E-state index < -0.39 is 102 Å². The lowest BCUT2D eigenvalue weighted by atomic mass is 9.96. The topological polar surface area (TPSA) is 392 Å². The van der Waals surface area contributed by atoms with Crippen molar-refractivity contribution in [2.24, 2.45) is 51.4 Å². The van der Waals surface area contributed by atoms with Crippen molar-refractivity contribution in [3.8, 4) is 0 Å². The molecule has 7 amide bonds. The molecule has 0 fully saturated rings. The zero-order valence-corrected chi connectivity index (χ0v) is 36.0. The third kappa shape index (κ3) is 22.3. The van der Waals surface area contributed by atoms with E-state index in [9.17, 15) is 48.6 Å². The second-order valence-electron chi connectivity index (χ2n) is 15.8. The molecule has 0 aliphatic carbocycles. The van der Waals surface area contributed by atoms with Gasteiger partial charge in [0.1, 0.15) is 42.3 Å². The van der Waals surface area contributed by atoms with Crippen LogP contribution >= 0.6 is 0 Å². The zero-order valence-electron chi connectivity index (χ0n) is 36.0. The number of nitrogens with two attached hydrogens (primary N) is 5. The standard InChI is InChI=1S/C38H72N12O10/c1-7-22(6)30(50-34(56)26(13-14-29(41)52)45-31(53)23(40)19-51)36(58)47-24(11-8-9-15-39)32(54)46-25(12-10-16-44-38(42)43)33(55)48-27(17-20(2)3)35(57)49-28(37(59)60)18-21(4)5/h20-28,30,51H,7-19,39-40H2,1-6H3,(H2,41,52)(H,45,53)(H,46,54)(H,47,58)(H,48,55)(H,49,57)(H,50,56)(H,59,60)(H4,42,43,44)/t22-,23-,24-,25-,26-,27-,28-,30-/m0/s1. The SMILES string of the molecule is CC[C@H](C)[C@H](NC(=O)[C@H](CCC(N)=O)NC(=O)[C@@H](N)CO)C(=O)N[C@@H](CCCCN)C(=O)N[C@@H](CCCN=C(N)N)C(=O)N[C@@H](CC(C)C)C(=O)N[C@@H](CC(C)C)C(=O)O. The second kappa shape index (κ2) is 29.2. The molecule has 0 aromatic carbocycles. The molecule has 0 saturated carbocycles. The van der Waals surface area contributed by atoms with Gasteiger partial charge in [-0.15, -0.1) is 0 Å². The predicted octanol–water partition coefficient (Wildman–Crippen LogP) is -3.11. The van der Waals surface area contributed by atoms with E-state index in [1.807, 2.05) is 13.8 Å². The van der Waals surface area contributed by atoms with Gasteiger partial charge in [-0.25, -0.2) is 4.79 Å². The number of carboxylic acids is 1. The first kappa shape index (κ1) is 54.9. The third-order valence-corrected chi connectivity index (χ3v) is 9.46. The first-order chi connectivity index (χ1) is 28.1. The molecule has 0 aromatic rings. The molecule has 8 atom stereocenters. The number of nitrogens with one attached hydrogen (secondary N) is 6. The minimum absolute atomic E-state index is 0.0111. The van der Waals surface area contributed by atoms with Gasteiger partial charge in [-0.05, 0) is 75.7 Å². The van der Waals surface area contributed by atoms with Gasteiger partial charge in [0.2, 0.25) is 41.4 Å². The van der Waals surface area contributed by atoms with Crippen LogP contribution in [0.25, 0.3) is 0 Å². The van der Waals surface area contributed by atoms with E-state index in [0.717, 1.165) is 0 Å². The van der Waals surface area contributed by atoms with Crippen molar-refractivity contribution in [2.45, 2.75) is 148 Å². The summed E-state index contributed by atoms with van der Waals surface area (Å²) in [6.07, 6.45) is 1.24. The Morgan fingerprint density at radius 3 is 1.53 bits per heavy atom. The molecule has 0 aromatic heterocycles.